The van der Waals surface area contributed by atoms with Crippen LogP contribution in [0, 0.1) is 5.92 Å². The second-order valence-electron chi connectivity index (χ2n) is 10.4. The van der Waals surface area contributed by atoms with E-state index in [9.17, 15) is 19.5 Å². The maximum Gasteiger partial charge on any atom is 0.348 e. The molecule has 0 aliphatic carbocycles. The number of hydroxylamine groups is 1. The Morgan fingerprint density at radius 2 is 2.00 bits per heavy atom. The molecule has 0 unspecified atom stereocenters. The van der Waals surface area contributed by atoms with Gasteiger partial charge in [-0.25, -0.2) is 20.1 Å². The van der Waals surface area contributed by atoms with Crippen LogP contribution < -0.4 is 16.2 Å². The molecule has 1 saturated heterocycles. The molecule has 10 heteroatoms. The zero-order chi connectivity index (χ0) is 28.4. The molecule has 0 bridgehead atoms. The summed E-state index contributed by atoms with van der Waals surface area (Å²) in [5, 5.41) is 12.2. The van der Waals surface area contributed by atoms with Gasteiger partial charge >= 0.3 is 5.69 Å². The monoisotopic (exact) mass is 542 g/mol. The van der Waals surface area contributed by atoms with Crippen LogP contribution in [0.15, 0.2) is 41.2 Å². The molecule has 1 aromatic carbocycles. The van der Waals surface area contributed by atoms with Gasteiger partial charge in [-0.05, 0) is 43.6 Å². The normalized spacial score (nSPS) is 17.3. The number of aromatic hydroxyl groups is 1. The van der Waals surface area contributed by atoms with Gasteiger partial charge in [-0.15, -0.1) is 0 Å². The highest BCUT2D eigenvalue weighted by Crippen LogP contribution is 2.26. The summed E-state index contributed by atoms with van der Waals surface area (Å²) in [6.07, 6.45) is 6.85. The highest BCUT2D eigenvalue weighted by atomic mass is 16.8. The molecule has 2 amide bonds. The Labute approximate surface area is 229 Å². The Bertz CT molecular complexity index is 1150. The van der Waals surface area contributed by atoms with Crippen LogP contribution in [0.3, 0.4) is 0 Å². The van der Waals surface area contributed by atoms with Gasteiger partial charge in [0.1, 0.15) is 6.04 Å². The molecule has 39 heavy (non-hydrogen) atoms. The smallest absolute Gasteiger partial charge is 0.348 e. The van der Waals surface area contributed by atoms with Crippen molar-refractivity contribution in [2.24, 2.45) is 5.92 Å². The van der Waals surface area contributed by atoms with E-state index in [2.05, 4.69) is 10.5 Å². The van der Waals surface area contributed by atoms with Crippen LogP contribution in [0.5, 0.6) is 5.88 Å². The first-order chi connectivity index (χ1) is 18.7. The fourth-order valence-electron chi connectivity index (χ4n) is 4.34. The number of benzene rings is 1. The minimum Gasteiger partial charge on any atom is -0.492 e. The average Bonchev–Trinajstić information content (AvgIpc) is 3.23. The number of ether oxygens (including phenoxy) is 1. The van der Waals surface area contributed by atoms with Gasteiger partial charge in [0.15, 0.2) is 6.29 Å². The second-order valence-corrected chi connectivity index (χ2v) is 10.4. The number of rotatable bonds is 13. The number of carbonyl (C=O) groups excluding carboxylic acids is 2. The molecule has 1 aliphatic heterocycles. The Kier molecular flexibility index (Phi) is 11.4. The van der Waals surface area contributed by atoms with Crippen LogP contribution in [0.1, 0.15) is 89.8 Å². The summed E-state index contributed by atoms with van der Waals surface area (Å²) in [5.41, 5.74) is 2.99. The molecule has 3 atom stereocenters. The van der Waals surface area contributed by atoms with Gasteiger partial charge in [0.2, 0.25) is 11.8 Å². The van der Waals surface area contributed by atoms with E-state index in [1.807, 2.05) is 64.1 Å². The highest BCUT2D eigenvalue weighted by molar-refractivity contribution is 5.95. The molecule has 10 nitrogen and oxygen atoms in total. The van der Waals surface area contributed by atoms with Crippen LogP contribution in [0.25, 0.3) is 6.08 Å². The fraction of sp³-hybridized carbons (Fsp3) is 0.552. The minimum absolute atomic E-state index is 0.0682. The SMILES string of the molecule is CC[C@H](C)c1[nH]c(=O)n(N(C(=O)CCC(C)C)[C@@H](CC=Cc2ccccc2)C(=O)NO[C@@H]2CCCCO2)c1O. The standard InChI is InChI=1S/C29H42N4O6/c1-5-21(4)26-28(36)33(29(37)30-26)32(24(34)18-17-20(2)3)23(15-11-14-22-12-7-6-8-13-22)27(35)31-39-25-16-9-10-19-38-25/h6-8,11-14,20-21,23,25,36H,5,9-10,15-19H2,1-4H3,(H,30,37)(H,31,35)/t21-,23-,25+/m0/s1. The number of hydrogen-bond acceptors (Lipinski definition) is 6. The van der Waals surface area contributed by atoms with Crippen molar-refractivity contribution in [2.75, 3.05) is 11.6 Å². The van der Waals surface area contributed by atoms with Gasteiger partial charge in [0, 0.05) is 25.4 Å². The Balaban J connectivity index is 1.99. The summed E-state index contributed by atoms with van der Waals surface area (Å²) in [5.74, 6) is -1.41. The van der Waals surface area contributed by atoms with Crippen LogP contribution >= 0.6 is 0 Å². The zero-order valence-corrected chi connectivity index (χ0v) is 23.4. The number of nitrogens with one attached hydrogen (secondary N) is 2. The lowest BCUT2D eigenvalue weighted by Crippen LogP contribution is -2.57. The van der Waals surface area contributed by atoms with E-state index in [4.69, 9.17) is 9.57 Å². The van der Waals surface area contributed by atoms with Crippen LogP contribution in [0.4, 0.5) is 0 Å². The van der Waals surface area contributed by atoms with E-state index >= 15 is 0 Å². The summed E-state index contributed by atoms with van der Waals surface area (Å²) in [6.45, 7) is 8.31. The van der Waals surface area contributed by atoms with Crippen molar-refractivity contribution >= 4 is 17.9 Å². The molecule has 0 radical (unpaired) electrons. The third-order valence-electron chi connectivity index (χ3n) is 6.88. The predicted molar refractivity (Wildman–Crippen MR) is 149 cm³/mol. The first kappa shape index (κ1) is 30.2. The van der Waals surface area contributed by atoms with Crippen LogP contribution in [-0.2, 0) is 19.2 Å². The number of imidazole rings is 1. The molecule has 0 saturated carbocycles. The number of nitrogens with zero attached hydrogens (tertiary/aromatic N) is 2. The van der Waals surface area contributed by atoms with Crippen molar-refractivity contribution in [3.05, 3.63) is 58.1 Å². The van der Waals surface area contributed by atoms with Gasteiger partial charge in [-0.2, -0.15) is 4.68 Å². The molecule has 1 fully saturated rings. The molecule has 214 valence electrons. The lowest BCUT2D eigenvalue weighted by atomic mass is 10.1. The van der Waals surface area contributed by atoms with Crippen molar-refractivity contribution < 1.29 is 24.3 Å². The first-order valence-electron chi connectivity index (χ1n) is 13.9. The molecule has 3 rings (SSSR count). The van der Waals surface area contributed by atoms with E-state index in [-0.39, 0.29) is 30.6 Å². The first-order valence-corrected chi connectivity index (χ1v) is 13.9. The summed E-state index contributed by atoms with van der Waals surface area (Å²) < 4.78 is 6.44. The van der Waals surface area contributed by atoms with E-state index < -0.39 is 29.8 Å². The van der Waals surface area contributed by atoms with Gasteiger partial charge in [-0.3, -0.25) is 9.59 Å². The van der Waals surface area contributed by atoms with Crippen LogP contribution in [0.2, 0.25) is 0 Å². The lowest BCUT2D eigenvalue weighted by Gasteiger charge is -2.31. The topological polar surface area (TPSA) is 126 Å². The second kappa shape index (κ2) is 14.7. The minimum atomic E-state index is -1.18. The van der Waals surface area contributed by atoms with Gasteiger partial charge in [-0.1, -0.05) is 70.2 Å². The zero-order valence-electron chi connectivity index (χ0n) is 23.4. The predicted octanol–water partition coefficient (Wildman–Crippen LogP) is 4.34. The Morgan fingerprint density at radius 1 is 1.26 bits per heavy atom. The Hall–Kier alpha value is -3.37. The molecular weight excluding hydrogens is 500 g/mol. The van der Waals surface area contributed by atoms with Gasteiger partial charge in [0.05, 0.1) is 5.69 Å². The van der Waals surface area contributed by atoms with Gasteiger partial charge in [0.25, 0.3) is 5.91 Å². The van der Waals surface area contributed by atoms with Crippen molar-refractivity contribution in [1.29, 1.82) is 0 Å². The summed E-state index contributed by atoms with van der Waals surface area (Å²) in [7, 11) is 0. The number of carbonyl (C=O) groups is 2. The number of hydrogen-bond donors (Lipinski definition) is 3. The average molecular weight is 543 g/mol. The fourth-order valence-corrected chi connectivity index (χ4v) is 4.34. The van der Waals surface area contributed by atoms with Gasteiger partial charge < -0.3 is 14.8 Å². The summed E-state index contributed by atoms with van der Waals surface area (Å²) in [6, 6.07) is 8.36. The molecule has 1 aliphatic rings. The van der Waals surface area contributed by atoms with Crippen LogP contribution in [-0.4, -0.2) is 45.5 Å². The maximum absolute atomic E-state index is 13.7. The molecule has 3 N–H and O–H groups in total. The van der Waals surface area contributed by atoms with Crippen molar-refractivity contribution in [2.45, 2.75) is 90.9 Å². The quantitative estimate of drug-likeness (QED) is 0.323. The highest BCUT2D eigenvalue weighted by Gasteiger charge is 2.35. The molecule has 1 aromatic heterocycles. The summed E-state index contributed by atoms with van der Waals surface area (Å²) in [4.78, 5) is 48.6. The number of H-pyrrole nitrogens is 1. The van der Waals surface area contributed by atoms with Crippen molar-refractivity contribution in [3.63, 3.8) is 0 Å². The molecule has 2 aromatic rings. The third-order valence-corrected chi connectivity index (χ3v) is 6.88. The Morgan fingerprint density at radius 3 is 2.64 bits per heavy atom. The van der Waals surface area contributed by atoms with E-state index in [1.54, 1.807) is 6.08 Å². The third kappa shape index (κ3) is 8.31. The van der Waals surface area contributed by atoms with E-state index in [0.29, 0.717) is 31.6 Å². The molecular formula is C29H42N4O6. The van der Waals surface area contributed by atoms with Crippen molar-refractivity contribution in [1.82, 2.24) is 15.1 Å². The molecule has 2 heterocycles. The number of aromatic amines is 1. The number of amides is 2. The number of aromatic nitrogens is 2. The maximum atomic E-state index is 13.7. The van der Waals surface area contributed by atoms with Crippen molar-refractivity contribution in [3.8, 4) is 5.88 Å². The largest absolute Gasteiger partial charge is 0.492 e. The lowest BCUT2D eigenvalue weighted by molar-refractivity contribution is -0.201. The van der Waals surface area contributed by atoms with E-state index in [1.165, 1.54) is 0 Å². The van der Waals surface area contributed by atoms with E-state index in [0.717, 1.165) is 28.1 Å². The molecule has 0 spiro atoms. The summed E-state index contributed by atoms with van der Waals surface area (Å²) >= 11 is 0.